The molecule has 1 aromatic rings. The molecule has 6 heteroatoms. The molecule has 2 saturated heterocycles. The van der Waals surface area contributed by atoms with E-state index in [-0.39, 0.29) is 0 Å². The summed E-state index contributed by atoms with van der Waals surface area (Å²) in [6.07, 6.45) is 5.51. The zero-order valence-electron chi connectivity index (χ0n) is 14.3. The Morgan fingerprint density at radius 1 is 1.43 bits per heavy atom. The number of hydrogen-bond donors (Lipinski definition) is 1. The molecule has 3 heterocycles. The number of aromatic nitrogens is 2. The van der Waals surface area contributed by atoms with Gasteiger partial charge < -0.3 is 14.6 Å². The summed E-state index contributed by atoms with van der Waals surface area (Å²) in [6, 6.07) is 0.421. The normalized spacial score (nSPS) is 25.7. The summed E-state index contributed by atoms with van der Waals surface area (Å²) < 4.78 is 5.14. The van der Waals surface area contributed by atoms with Gasteiger partial charge in [-0.15, -0.1) is 0 Å². The van der Waals surface area contributed by atoms with Crippen LogP contribution in [0.1, 0.15) is 37.1 Å². The number of piperidine rings is 2. The predicted molar refractivity (Wildman–Crippen MR) is 87.9 cm³/mol. The lowest BCUT2D eigenvalue weighted by molar-refractivity contribution is -0.141. The monoisotopic (exact) mass is 320 g/mol. The molecule has 1 N–H and O–H groups in total. The van der Waals surface area contributed by atoms with Crippen molar-refractivity contribution in [3.8, 4) is 0 Å². The first-order valence-electron chi connectivity index (χ1n) is 8.68. The second-order valence-corrected chi connectivity index (χ2v) is 6.80. The quantitative estimate of drug-likeness (QED) is 0.808. The van der Waals surface area contributed by atoms with Gasteiger partial charge in [0.05, 0.1) is 12.0 Å². The fourth-order valence-electron chi connectivity index (χ4n) is 4.00. The first kappa shape index (κ1) is 16.5. The first-order valence-corrected chi connectivity index (χ1v) is 8.68. The number of aryl methyl sites for hydroxylation is 1. The van der Waals surface area contributed by atoms with Crippen molar-refractivity contribution in [3.05, 3.63) is 17.7 Å². The van der Waals surface area contributed by atoms with Gasteiger partial charge in [-0.25, -0.2) is 4.98 Å². The van der Waals surface area contributed by atoms with Gasteiger partial charge in [-0.3, -0.25) is 9.69 Å². The van der Waals surface area contributed by atoms with Crippen LogP contribution in [0.4, 0.5) is 0 Å². The number of imidazole rings is 1. The minimum atomic E-state index is 0.332. The number of carbonyl (C=O) groups is 1. The molecule has 0 aromatic carbocycles. The smallest absolute Gasteiger partial charge is 0.222 e. The van der Waals surface area contributed by atoms with E-state index in [4.69, 9.17) is 4.74 Å². The van der Waals surface area contributed by atoms with Gasteiger partial charge >= 0.3 is 0 Å². The van der Waals surface area contributed by atoms with Crippen LogP contribution in [0.5, 0.6) is 0 Å². The molecule has 6 nitrogen and oxygen atoms in total. The summed E-state index contributed by atoms with van der Waals surface area (Å²) in [5.41, 5.74) is 2.31. The van der Waals surface area contributed by atoms with Crippen molar-refractivity contribution < 1.29 is 9.53 Å². The number of H-pyrrole nitrogens is 1. The largest absolute Gasteiger partial charge is 0.385 e. The number of hydrogen-bond acceptors (Lipinski definition) is 4. The lowest BCUT2D eigenvalue weighted by Gasteiger charge is -2.47. The van der Waals surface area contributed by atoms with Crippen molar-refractivity contribution in [2.45, 2.75) is 45.2 Å². The average molecular weight is 320 g/mol. The highest BCUT2D eigenvalue weighted by atomic mass is 16.5. The predicted octanol–water partition coefficient (Wildman–Crippen LogP) is 1.57. The fraction of sp³-hybridized carbons (Fsp3) is 0.765. The molecule has 23 heavy (non-hydrogen) atoms. The van der Waals surface area contributed by atoms with Crippen LogP contribution in [0.2, 0.25) is 0 Å². The molecule has 0 bridgehead atoms. The number of fused-ring (bicyclic) bond motifs is 1. The van der Waals surface area contributed by atoms with E-state index in [1.165, 1.54) is 0 Å². The van der Waals surface area contributed by atoms with Crippen LogP contribution in [0.3, 0.4) is 0 Å². The molecule has 0 saturated carbocycles. The maximum Gasteiger partial charge on any atom is 0.222 e. The van der Waals surface area contributed by atoms with Crippen molar-refractivity contribution in [2.24, 2.45) is 5.92 Å². The molecule has 1 amide bonds. The molecule has 1 aromatic heterocycles. The van der Waals surface area contributed by atoms with Crippen LogP contribution < -0.4 is 0 Å². The van der Waals surface area contributed by atoms with Gasteiger partial charge in [0.2, 0.25) is 5.91 Å². The molecule has 2 aliphatic heterocycles. The van der Waals surface area contributed by atoms with E-state index in [2.05, 4.69) is 26.7 Å². The van der Waals surface area contributed by atoms with Crippen molar-refractivity contribution in [1.29, 1.82) is 0 Å². The van der Waals surface area contributed by atoms with Gasteiger partial charge in [-0.05, 0) is 32.1 Å². The van der Waals surface area contributed by atoms with E-state index in [0.717, 1.165) is 63.4 Å². The SMILES string of the molecule is COCCCN1C(=O)CC[C@H]2CN(Cc3nc[nH]c3C)CC[C@H]21. The Labute approximate surface area is 138 Å². The second kappa shape index (κ2) is 7.45. The lowest BCUT2D eigenvalue weighted by Crippen LogP contribution is -2.56. The molecular formula is C17H28N4O2. The molecule has 0 unspecified atom stereocenters. The molecule has 2 atom stereocenters. The summed E-state index contributed by atoms with van der Waals surface area (Å²) in [5, 5.41) is 0. The Morgan fingerprint density at radius 3 is 3.04 bits per heavy atom. The van der Waals surface area contributed by atoms with Crippen molar-refractivity contribution in [3.63, 3.8) is 0 Å². The number of carbonyl (C=O) groups excluding carboxylic acids is 1. The highest BCUT2D eigenvalue weighted by Gasteiger charge is 2.38. The number of likely N-dealkylation sites (tertiary alicyclic amines) is 2. The van der Waals surface area contributed by atoms with E-state index in [1.54, 1.807) is 13.4 Å². The van der Waals surface area contributed by atoms with Gasteiger partial charge in [0.15, 0.2) is 0 Å². The fourth-order valence-corrected chi connectivity index (χ4v) is 4.00. The second-order valence-electron chi connectivity index (χ2n) is 6.80. The Kier molecular flexibility index (Phi) is 5.33. The Balaban J connectivity index is 1.58. The van der Waals surface area contributed by atoms with Crippen molar-refractivity contribution in [1.82, 2.24) is 19.8 Å². The average Bonchev–Trinajstić information content (AvgIpc) is 2.95. The zero-order chi connectivity index (χ0) is 16.2. The maximum atomic E-state index is 12.3. The molecular weight excluding hydrogens is 292 g/mol. The number of nitrogens with one attached hydrogen (secondary N) is 1. The summed E-state index contributed by atoms with van der Waals surface area (Å²) in [5.74, 6) is 0.933. The number of amides is 1. The first-order chi connectivity index (χ1) is 11.2. The molecule has 128 valence electrons. The number of nitrogens with zero attached hydrogens (tertiary/aromatic N) is 3. The topological polar surface area (TPSA) is 61.5 Å². The van der Waals surface area contributed by atoms with E-state index in [0.29, 0.717) is 24.3 Å². The third kappa shape index (κ3) is 3.75. The Morgan fingerprint density at radius 2 is 2.30 bits per heavy atom. The highest BCUT2D eigenvalue weighted by molar-refractivity contribution is 5.77. The van der Waals surface area contributed by atoms with Gasteiger partial charge in [0.1, 0.15) is 0 Å². The van der Waals surface area contributed by atoms with E-state index in [1.807, 2.05) is 0 Å². The van der Waals surface area contributed by atoms with Gasteiger partial charge in [-0.1, -0.05) is 0 Å². The summed E-state index contributed by atoms with van der Waals surface area (Å²) in [4.78, 5) is 24.5. The van der Waals surface area contributed by atoms with Gasteiger partial charge in [0, 0.05) is 58.1 Å². The Bertz CT molecular complexity index is 530. The van der Waals surface area contributed by atoms with Crippen LogP contribution in [0, 0.1) is 12.8 Å². The lowest BCUT2D eigenvalue weighted by atomic mass is 9.83. The molecule has 0 spiro atoms. The van der Waals surface area contributed by atoms with E-state index in [9.17, 15) is 4.79 Å². The standard InChI is InChI=1S/C17H28N4O2/c1-13-15(19-12-18-13)11-20-8-6-16-14(10-20)4-5-17(22)21(16)7-3-9-23-2/h12,14,16H,3-11H2,1-2H3,(H,18,19)/t14-,16+/m0/s1. The third-order valence-corrected chi connectivity index (χ3v) is 5.28. The number of ether oxygens (including phenoxy) is 1. The van der Waals surface area contributed by atoms with Crippen LogP contribution in [0.25, 0.3) is 0 Å². The number of aromatic amines is 1. The number of methoxy groups -OCH3 is 1. The van der Waals surface area contributed by atoms with Crippen molar-refractivity contribution in [2.75, 3.05) is 33.4 Å². The van der Waals surface area contributed by atoms with E-state index >= 15 is 0 Å². The Hall–Kier alpha value is -1.40. The zero-order valence-corrected chi connectivity index (χ0v) is 14.3. The van der Waals surface area contributed by atoms with Crippen LogP contribution >= 0.6 is 0 Å². The van der Waals surface area contributed by atoms with Gasteiger partial charge in [-0.2, -0.15) is 0 Å². The minimum Gasteiger partial charge on any atom is -0.385 e. The molecule has 0 aliphatic carbocycles. The molecule has 2 fully saturated rings. The summed E-state index contributed by atoms with van der Waals surface area (Å²) >= 11 is 0. The highest BCUT2D eigenvalue weighted by Crippen LogP contribution is 2.32. The molecule has 0 radical (unpaired) electrons. The molecule has 2 aliphatic rings. The van der Waals surface area contributed by atoms with Gasteiger partial charge in [0.25, 0.3) is 0 Å². The minimum absolute atomic E-state index is 0.332. The summed E-state index contributed by atoms with van der Waals surface area (Å²) in [7, 11) is 1.72. The van der Waals surface area contributed by atoms with Crippen LogP contribution in [-0.4, -0.2) is 65.1 Å². The van der Waals surface area contributed by atoms with E-state index < -0.39 is 0 Å². The number of rotatable bonds is 6. The van der Waals surface area contributed by atoms with Crippen LogP contribution in [-0.2, 0) is 16.1 Å². The maximum absolute atomic E-state index is 12.3. The summed E-state index contributed by atoms with van der Waals surface area (Å²) in [6.45, 7) is 6.67. The third-order valence-electron chi connectivity index (χ3n) is 5.28. The molecule has 3 rings (SSSR count). The van der Waals surface area contributed by atoms with Crippen molar-refractivity contribution >= 4 is 5.91 Å². The van der Waals surface area contributed by atoms with Crippen LogP contribution in [0.15, 0.2) is 6.33 Å².